The molecular formula is C13H17NO2S. The first-order valence-electron chi connectivity index (χ1n) is 6.33. The summed E-state index contributed by atoms with van der Waals surface area (Å²) in [5.74, 6) is 0.0429. The Kier molecular flexibility index (Phi) is 2.92. The van der Waals surface area contributed by atoms with Gasteiger partial charge in [0.25, 0.3) is 5.91 Å². The normalized spacial score (nSPS) is 27.1. The number of thiophene rings is 1. The maximum absolute atomic E-state index is 12.0. The Hall–Kier alpha value is -0.870. The van der Waals surface area contributed by atoms with Crippen molar-refractivity contribution in [3.63, 3.8) is 0 Å². The molecule has 2 aliphatic rings. The smallest absolute Gasteiger partial charge is 0.261 e. The van der Waals surface area contributed by atoms with E-state index in [4.69, 9.17) is 0 Å². The second-order valence-corrected chi connectivity index (χ2v) is 6.20. The van der Waals surface area contributed by atoms with E-state index in [0.29, 0.717) is 12.8 Å². The number of rotatable bonds is 2. The van der Waals surface area contributed by atoms with Crippen molar-refractivity contribution >= 4 is 17.2 Å². The summed E-state index contributed by atoms with van der Waals surface area (Å²) in [4.78, 5) is 14.2. The predicted octanol–water partition coefficient (Wildman–Crippen LogP) is 1.88. The van der Waals surface area contributed by atoms with Gasteiger partial charge in [-0.05, 0) is 50.2 Å². The van der Waals surface area contributed by atoms with Crippen molar-refractivity contribution in [1.29, 1.82) is 0 Å². The quantitative estimate of drug-likeness (QED) is 0.843. The van der Waals surface area contributed by atoms with E-state index in [0.717, 1.165) is 17.7 Å². The number of hydrogen-bond acceptors (Lipinski definition) is 3. The summed E-state index contributed by atoms with van der Waals surface area (Å²) in [6.45, 7) is 0. The van der Waals surface area contributed by atoms with Crippen molar-refractivity contribution in [2.45, 2.75) is 50.7 Å². The fraction of sp³-hybridized carbons (Fsp3) is 0.615. The summed E-state index contributed by atoms with van der Waals surface area (Å²) >= 11 is 1.65. The Morgan fingerprint density at radius 1 is 1.35 bits per heavy atom. The van der Waals surface area contributed by atoms with Crippen molar-refractivity contribution < 1.29 is 9.90 Å². The largest absolute Gasteiger partial charge is 0.393 e. The van der Waals surface area contributed by atoms with Crippen LogP contribution in [-0.2, 0) is 12.8 Å². The van der Waals surface area contributed by atoms with E-state index >= 15 is 0 Å². The molecule has 1 fully saturated rings. The molecular weight excluding hydrogens is 234 g/mol. The third kappa shape index (κ3) is 2.24. The highest BCUT2D eigenvalue weighted by molar-refractivity contribution is 7.14. The second-order valence-electron chi connectivity index (χ2n) is 5.06. The van der Waals surface area contributed by atoms with Gasteiger partial charge in [-0.15, -0.1) is 11.3 Å². The van der Waals surface area contributed by atoms with E-state index in [9.17, 15) is 9.90 Å². The number of carbonyl (C=O) groups is 1. The van der Waals surface area contributed by atoms with E-state index in [-0.39, 0.29) is 18.1 Å². The zero-order valence-corrected chi connectivity index (χ0v) is 10.6. The SMILES string of the molecule is O=C(NC1CC(O)C1)c1cc2c(s1)CCCC2. The Morgan fingerprint density at radius 3 is 2.82 bits per heavy atom. The van der Waals surface area contributed by atoms with Crippen LogP contribution in [0.1, 0.15) is 45.8 Å². The van der Waals surface area contributed by atoms with Gasteiger partial charge in [-0.3, -0.25) is 4.79 Å². The van der Waals surface area contributed by atoms with Crippen LogP contribution < -0.4 is 5.32 Å². The minimum atomic E-state index is -0.211. The first-order chi connectivity index (χ1) is 8.22. The fourth-order valence-corrected chi connectivity index (χ4v) is 3.72. The number of nitrogens with one attached hydrogen (secondary N) is 1. The van der Waals surface area contributed by atoms with Gasteiger partial charge in [-0.25, -0.2) is 0 Å². The minimum Gasteiger partial charge on any atom is -0.393 e. The number of aryl methyl sites for hydroxylation is 2. The standard InChI is InChI=1S/C13H17NO2S/c15-10-6-9(7-10)14-13(16)12-5-8-3-1-2-4-11(8)17-12/h5,9-10,15H,1-4,6-7H2,(H,14,16). The number of hydrogen-bond donors (Lipinski definition) is 2. The minimum absolute atomic E-state index is 0.0429. The molecule has 0 radical (unpaired) electrons. The first kappa shape index (κ1) is 11.2. The molecule has 0 aliphatic heterocycles. The van der Waals surface area contributed by atoms with E-state index in [1.807, 2.05) is 0 Å². The Morgan fingerprint density at radius 2 is 2.12 bits per heavy atom. The molecule has 2 aliphatic carbocycles. The molecule has 1 heterocycles. The van der Waals surface area contributed by atoms with Crippen LogP contribution in [-0.4, -0.2) is 23.2 Å². The number of amides is 1. The van der Waals surface area contributed by atoms with Crippen molar-refractivity contribution in [3.8, 4) is 0 Å². The summed E-state index contributed by atoms with van der Waals surface area (Å²) in [6.07, 6.45) is 5.96. The fourth-order valence-electron chi connectivity index (χ4n) is 2.56. The Balaban J connectivity index is 1.67. The monoisotopic (exact) mass is 251 g/mol. The molecule has 0 bridgehead atoms. The van der Waals surface area contributed by atoms with Crippen molar-refractivity contribution in [2.75, 3.05) is 0 Å². The molecule has 4 heteroatoms. The topological polar surface area (TPSA) is 49.3 Å². The van der Waals surface area contributed by atoms with E-state index in [2.05, 4.69) is 11.4 Å². The number of aliphatic hydroxyl groups excluding tert-OH is 1. The first-order valence-corrected chi connectivity index (χ1v) is 7.14. The predicted molar refractivity (Wildman–Crippen MR) is 67.5 cm³/mol. The molecule has 17 heavy (non-hydrogen) atoms. The Bertz CT molecular complexity index is 411. The van der Waals surface area contributed by atoms with Crippen LogP contribution in [0, 0.1) is 0 Å². The van der Waals surface area contributed by atoms with Gasteiger partial charge in [-0.2, -0.15) is 0 Å². The van der Waals surface area contributed by atoms with Gasteiger partial charge in [0.15, 0.2) is 0 Å². The van der Waals surface area contributed by atoms with Crippen LogP contribution in [0.5, 0.6) is 0 Å². The molecule has 2 N–H and O–H groups in total. The lowest BCUT2D eigenvalue weighted by Gasteiger charge is -2.31. The lowest BCUT2D eigenvalue weighted by Crippen LogP contribution is -2.46. The molecule has 0 unspecified atom stereocenters. The number of carbonyl (C=O) groups excluding carboxylic acids is 1. The molecule has 1 aromatic heterocycles. The number of fused-ring (bicyclic) bond motifs is 1. The van der Waals surface area contributed by atoms with Crippen LogP contribution in [0.4, 0.5) is 0 Å². The third-order valence-electron chi connectivity index (χ3n) is 3.67. The lowest BCUT2D eigenvalue weighted by molar-refractivity contribution is 0.0564. The van der Waals surface area contributed by atoms with Gasteiger partial charge < -0.3 is 10.4 Å². The van der Waals surface area contributed by atoms with Crippen LogP contribution >= 0.6 is 11.3 Å². The van der Waals surface area contributed by atoms with E-state index in [1.165, 1.54) is 23.3 Å². The lowest BCUT2D eigenvalue weighted by atomic mass is 9.89. The molecule has 1 saturated carbocycles. The highest BCUT2D eigenvalue weighted by Crippen LogP contribution is 2.30. The molecule has 3 rings (SSSR count). The van der Waals surface area contributed by atoms with Gasteiger partial charge in [-0.1, -0.05) is 0 Å². The van der Waals surface area contributed by atoms with Crippen LogP contribution in [0.25, 0.3) is 0 Å². The average Bonchev–Trinajstić information content (AvgIpc) is 2.70. The van der Waals surface area contributed by atoms with E-state index in [1.54, 1.807) is 11.3 Å². The van der Waals surface area contributed by atoms with Crippen molar-refractivity contribution in [3.05, 3.63) is 21.4 Å². The molecule has 3 nitrogen and oxygen atoms in total. The van der Waals surface area contributed by atoms with Gasteiger partial charge in [0, 0.05) is 10.9 Å². The zero-order valence-electron chi connectivity index (χ0n) is 9.74. The van der Waals surface area contributed by atoms with Gasteiger partial charge >= 0.3 is 0 Å². The highest BCUT2D eigenvalue weighted by Gasteiger charge is 2.29. The van der Waals surface area contributed by atoms with Gasteiger partial charge in [0.2, 0.25) is 0 Å². The van der Waals surface area contributed by atoms with Crippen molar-refractivity contribution in [1.82, 2.24) is 5.32 Å². The van der Waals surface area contributed by atoms with Crippen molar-refractivity contribution in [2.24, 2.45) is 0 Å². The van der Waals surface area contributed by atoms with Gasteiger partial charge in [0.1, 0.15) is 0 Å². The molecule has 0 saturated heterocycles. The van der Waals surface area contributed by atoms with Gasteiger partial charge in [0.05, 0.1) is 11.0 Å². The summed E-state index contributed by atoms with van der Waals surface area (Å²) in [5, 5.41) is 12.2. The maximum Gasteiger partial charge on any atom is 0.261 e. The Labute approximate surface area is 105 Å². The summed E-state index contributed by atoms with van der Waals surface area (Å²) < 4.78 is 0. The summed E-state index contributed by atoms with van der Waals surface area (Å²) in [5.41, 5.74) is 1.38. The highest BCUT2D eigenvalue weighted by atomic mass is 32.1. The second kappa shape index (κ2) is 4.42. The maximum atomic E-state index is 12.0. The molecule has 1 amide bonds. The molecule has 0 spiro atoms. The van der Waals surface area contributed by atoms with E-state index < -0.39 is 0 Å². The zero-order chi connectivity index (χ0) is 11.8. The molecule has 0 aromatic carbocycles. The average molecular weight is 251 g/mol. The summed E-state index contributed by atoms with van der Waals surface area (Å²) in [6, 6.07) is 2.24. The third-order valence-corrected chi connectivity index (χ3v) is 4.90. The molecule has 1 aromatic rings. The summed E-state index contributed by atoms with van der Waals surface area (Å²) in [7, 11) is 0. The van der Waals surface area contributed by atoms with Crippen LogP contribution in [0.2, 0.25) is 0 Å². The molecule has 92 valence electrons. The number of aliphatic hydroxyl groups is 1. The molecule has 0 atom stereocenters. The van der Waals surface area contributed by atoms with Crippen LogP contribution in [0.15, 0.2) is 6.07 Å². The van der Waals surface area contributed by atoms with Crippen LogP contribution in [0.3, 0.4) is 0 Å².